The number of halogens is 2. The number of hydrogen-bond acceptors (Lipinski definition) is 10. The van der Waals surface area contributed by atoms with Crippen molar-refractivity contribution in [3.05, 3.63) is 81.7 Å². The van der Waals surface area contributed by atoms with Gasteiger partial charge in [-0.2, -0.15) is 0 Å². The SMILES string of the molecule is COc1cc(C(=O)Nc2cccc(-c3nccc(-c4ccc(CNC[C@H]5CCC(=O)N5)c(OC)n4)c3Cl)c2Cl)ncc1CNC[C@@H](C)O. The van der Waals surface area contributed by atoms with E-state index in [0.717, 1.165) is 17.5 Å². The Morgan fingerprint density at radius 1 is 1.04 bits per heavy atom. The van der Waals surface area contributed by atoms with E-state index in [1.165, 1.54) is 7.11 Å². The first-order valence-electron chi connectivity index (χ1n) is 15.4. The second kappa shape index (κ2) is 16.2. The quantitative estimate of drug-likeness (QED) is 0.126. The number of benzene rings is 1. The fourth-order valence-corrected chi connectivity index (χ4v) is 5.87. The molecule has 5 rings (SSSR count). The van der Waals surface area contributed by atoms with Gasteiger partial charge in [0.05, 0.1) is 47.4 Å². The summed E-state index contributed by atoms with van der Waals surface area (Å²) in [5, 5.41) is 22.3. The Balaban J connectivity index is 1.33. The third-order valence-electron chi connectivity index (χ3n) is 7.74. The number of carbonyl (C=O) groups excluding carboxylic acids is 2. The van der Waals surface area contributed by atoms with Crippen molar-refractivity contribution in [3.8, 4) is 34.1 Å². The second-order valence-corrected chi connectivity index (χ2v) is 12.1. The van der Waals surface area contributed by atoms with Crippen LogP contribution in [0.2, 0.25) is 10.0 Å². The molecule has 252 valence electrons. The maximum atomic E-state index is 13.2. The van der Waals surface area contributed by atoms with E-state index in [9.17, 15) is 14.7 Å². The highest BCUT2D eigenvalue weighted by atomic mass is 35.5. The van der Waals surface area contributed by atoms with E-state index in [1.54, 1.807) is 56.8 Å². The molecule has 2 atom stereocenters. The Kier molecular flexibility index (Phi) is 11.8. The van der Waals surface area contributed by atoms with Crippen LogP contribution in [0.3, 0.4) is 0 Å². The van der Waals surface area contributed by atoms with E-state index in [-0.39, 0.29) is 22.7 Å². The lowest BCUT2D eigenvalue weighted by Crippen LogP contribution is -2.35. The third-order valence-corrected chi connectivity index (χ3v) is 8.53. The van der Waals surface area contributed by atoms with Crippen molar-refractivity contribution < 1.29 is 24.2 Å². The van der Waals surface area contributed by atoms with E-state index >= 15 is 0 Å². The summed E-state index contributed by atoms with van der Waals surface area (Å²) in [7, 11) is 3.07. The van der Waals surface area contributed by atoms with E-state index < -0.39 is 12.0 Å². The van der Waals surface area contributed by atoms with Gasteiger partial charge in [0.15, 0.2) is 0 Å². The summed E-state index contributed by atoms with van der Waals surface area (Å²) >= 11 is 13.8. The van der Waals surface area contributed by atoms with E-state index in [4.69, 9.17) is 37.7 Å². The molecular formula is C34H37Cl2N7O5. The van der Waals surface area contributed by atoms with Crippen LogP contribution in [0.4, 0.5) is 5.69 Å². The summed E-state index contributed by atoms with van der Waals surface area (Å²) in [6.07, 6.45) is 4.04. The predicted molar refractivity (Wildman–Crippen MR) is 184 cm³/mol. The molecule has 0 spiro atoms. The van der Waals surface area contributed by atoms with Gasteiger partial charge in [-0.1, -0.05) is 41.4 Å². The zero-order valence-corrected chi connectivity index (χ0v) is 28.3. The number of nitrogens with one attached hydrogen (secondary N) is 4. The van der Waals surface area contributed by atoms with Gasteiger partial charge < -0.3 is 35.8 Å². The Labute approximate surface area is 288 Å². The highest BCUT2D eigenvalue weighted by molar-refractivity contribution is 6.39. The predicted octanol–water partition coefficient (Wildman–Crippen LogP) is 4.62. The van der Waals surface area contributed by atoms with Gasteiger partial charge in [0.1, 0.15) is 11.4 Å². The van der Waals surface area contributed by atoms with Crippen molar-refractivity contribution in [2.75, 3.05) is 32.6 Å². The molecule has 14 heteroatoms. The maximum Gasteiger partial charge on any atom is 0.274 e. The smallest absolute Gasteiger partial charge is 0.274 e. The van der Waals surface area contributed by atoms with Crippen molar-refractivity contribution in [2.24, 2.45) is 0 Å². The van der Waals surface area contributed by atoms with Gasteiger partial charge in [-0.05, 0) is 31.5 Å². The first kappa shape index (κ1) is 35.0. The number of anilines is 1. The average molecular weight is 695 g/mol. The van der Waals surface area contributed by atoms with Gasteiger partial charge in [0.2, 0.25) is 11.8 Å². The monoisotopic (exact) mass is 693 g/mol. The van der Waals surface area contributed by atoms with Crippen LogP contribution < -0.4 is 30.7 Å². The fraction of sp³-hybridized carbons (Fsp3) is 0.324. The molecule has 1 fully saturated rings. The molecule has 1 aliphatic heterocycles. The van der Waals surface area contributed by atoms with E-state index in [0.29, 0.717) is 77.5 Å². The molecule has 5 N–H and O–H groups in total. The summed E-state index contributed by atoms with van der Waals surface area (Å²) in [5.41, 5.74) is 4.21. The number of rotatable bonds is 14. The number of ether oxygens (including phenoxy) is 2. The number of hydrogen-bond donors (Lipinski definition) is 5. The molecule has 4 heterocycles. The third kappa shape index (κ3) is 8.38. The van der Waals surface area contributed by atoms with Gasteiger partial charge in [-0.3, -0.25) is 19.6 Å². The lowest BCUT2D eigenvalue weighted by atomic mass is 10.1. The number of aromatic nitrogens is 3. The second-order valence-electron chi connectivity index (χ2n) is 11.3. The minimum absolute atomic E-state index is 0.0794. The lowest BCUT2D eigenvalue weighted by molar-refractivity contribution is -0.119. The molecule has 1 aliphatic rings. The molecule has 1 aromatic carbocycles. The summed E-state index contributed by atoms with van der Waals surface area (Å²) < 4.78 is 11.1. The first-order chi connectivity index (χ1) is 23.2. The number of amides is 2. The summed E-state index contributed by atoms with van der Waals surface area (Å²) in [6, 6.07) is 12.4. The number of methoxy groups -OCH3 is 2. The zero-order valence-electron chi connectivity index (χ0n) is 26.8. The molecule has 3 aromatic heterocycles. The highest BCUT2D eigenvalue weighted by Gasteiger charge is 2.22. The van der Waals surface area contributed by atoms with Crippen LogP contribution in [0.25, 0.3) is 22.5 Å². The van der Waals surface area contributed by atoms with Crippen molar-refractivity contribution in [1.82, 2.24) is 30.9 Å². The molecule has 0 unspecified atom stereocenters. The largest absolute Gasteiger partial charge is 0.496 e. The Bertz CT molecular complexity index is 1790. The summed E-state index contributed by atoms with van der Waals surface area (Å²) in [4.78, 5) is 38.2. The van der Waals surface area contributed by atoms with Crippen molar-refractivity contribution in [1.29, 1.82) is 0 Å². The van der Waals surface area contributed by atoms with Crippen LogP contribution in [-0.4, -0.2) is 71.3 Å². The van der Waals surface area contributed by atoms with Gasteiger partial charge in [0, 0.05) is 79.4 Å². The van der Waals surface area contributed by atoms with Gasteiger partial charge in [-0.15, -0.1) is 0 Å². The fourth-order valence-electron chi connectivity index (χ4n) is 5.30. The van der Waals surface area contributed by atoms with Crippen LogP contribution in [0.1, 0.15) is 41.4 Å². The molecule has 0 saturated carbocycles. The molecule has 2 amide bonds. The molecule has 0 bridgehead atoms. The zero-order chi connectivity index (χ0) is 34.2. The van der Waals surface area contributed by atoms with Crippen LogP contribution >= 0.6 is 23.2 Å². The minimum atomic E-state index is -0.498. The average Bonchev–Trinajstić information content (AvgIpc) is 3.50. The van der Waals surface area contributed by atoms with E-state index in [1.807, 2.05) is 12.1 Å². The van der Waals surface area contributed by atoms with Gasteiger partial charge >= 0.3 is 0 Å². The summed E-state index contributed by atoms with van der Waals surface area (Å²) in [6.45, 7) is 3.67. The maximum absolute atomic E-state index is 13.2. The van der Waals surface area contributed by atoms with Crippen molar-refractivity contribution in [3.63, 3.8) is 0 Å². The topological polar surface area (TPSA) is 160 Å². The molecule has 0 aliphatic carbocycles. The van der Waals surface area contributed by atoms with Crippen LogP contribution in [-0.2, 0) is 17.9 Å². The molecule has 0 radical (unpaired) electrons. The van der Waals surface area contributed by atoms with Crippen molar-refractivity contribution >= 4 is 40.7 Å². The van der Waals surface area contributed by atoms with Crippen LogP contribution in [0.15, 0.2) is 54.9 Å². The number of nitrogens with zero attached hydrogens (tertiary/aromatic N) is 3. The van der Waals surface area contributed by atoms with Crippen molar-refractivity contribution in [2.45, 2.75) is 45.0 Å². The Morgan fingerprint density at radius 3 is 2.58 bits per heavy atom. The Hall–Kier alpha value is -4.33. The summed E-state index contributed by atoms with van der Waals surface area (Å²) in [5.74, 6) is 0.523. The number of aliphatic hydroxyl groups excluding tert-OH is 1. The lowest BCUT2D eigenvalue weighted by Gasteiger charge is -2.15. The molecule has 1 saturated heterocycles. The van der Waals surface area contributed by atoms with E-state index in [2.05, 4.69) is 31.2 Å². The first-order valence-corrected chi connectivity index (χ1v) is 16.1. The van der Waals surface area contributed by atoms with Crippen LogP contribution in [0.5, 0.6) is 11.6 Å². The van der Waals surface area contributed by atoms with Gasteiger partial charge in [-0.25, -0.2) is 4.98 Å². The minimum Gasteiger partial charge on any atom is -0.496 e. The normalized spacial score (nSPS) is 14.8. The molecule has 12 nitrogen and oxygen atoms in total. The molecule has 4 aromatic rings. The van der Waals surface area contributed by atoms with Crippen LogP contribution in [0, 0.1) is 0 Å². The number of pyridine rings is 3. The standard InChI is InChI=1S/C34H37Cl2N7O5/c1-19(44)14-37-16-21-17-40-27(13-28(21)47-2)33(46)42-26-6-4-5-24(30(26)35)32-31(36)23(11-12-39-32)25-9-7-20(34(43-25)48-3)15-38-18-22-8-10-29(45)41-22/h4-7,9,11-13,17,19,22,37-38,44H,8,10,14-16,18H2,1-3H3,(H,41,45)(H,42,46)/t19-,22-/m1/s1. The Morgan fingerprint density at radius 2 is 1.85 bits per heavy atom. The molecular weight excluding hydrogens is 657 g/mol. The number of aliphatic hydroxyl groups is 1. The highest BCUT2D eigenvalue weighted by Crippen LogP contribution is 2.40. The van der Waals surface area contributed by atoms with Gasteiger partial charge in [0.25, 0.3) is 5.91 Å². The molecule has 48 heavy (non-hydrogen) atoms. The number of carbonyl (C=O) groups is 2.